The molecule has 1 aliphatic heterocycles. The van der Waals surface area contributed by atoms with Crippen LogP contribution in [0.4, 0.5) is 0 Å². The fraction of sp³-hybridized carbons (Fsp3) is 0.462. The van der Waals surface area contributed by atoms with Gasteiger partial charge >= 0.3 is 5.97 Å². The second kappa shape index (κ2) is 5.07. The molecule has 1 fully saturated rings. The minimum absolute atomic E-state index is 0.103. The van der Waals surface area contributed by atoms with E-state index in [1.54, 1.807) is 0 Å². The lowest BCUT2D eigenvalue weighted by molar-refractivity contribution is -0.153. The van der Waals surface area contributed by atoms with Crippen LogP contribution in [-0.4, -0.2) is 30.6 Å². The van der Waals surface area contributed by atoms with Gasteiger partial charge in [0.15, 0.2) is 0 Å². The zero-order chi connectivity index (χ0) is 12.4. The van der Waals surface area contributed by atoms with Crippen LogP contribution < -0.4 is 0 Å². The van der Waals surface area contributed by atoms with Crippen molar-refractivity contribution in [3.8, 4) is 0 Å². The largest absolute Gasteiger partial charge is 0.468 e. The fourth-order valence-corrected chi connectivity index (χ4v) is 2.42. The van der Waals surface area contributed by atoms with E-state index in [1.807, 2.05) is 24.3 Å². The molecule has 0 N–H and O–H groups in total. The second-order valence-corrected chi connectivity index (χ2v) is 4.73. The Bertz CT molecular complexity index is 422. The molecule has 0 spiro atoms. The van der Waals surface area contributed by atoms with Crippen molar-refractivity contribution in [2.24, 2.45) is 0 Å². The fourth-order valence-electron chi connectivity index (χ4n) is 2.22. The van der Waals surface area contributed by atoms with Crippen LogP contribution in [0.3, 0.4) is 0 Å². The minimum atomic E-state index is -0.148. The molecule has 4 heteroatoms. The van der Waals surface area contributed by atoms with E-state index in [9.17, 15) is 4.79 Å². The Morgan fingerprint density at radius 3 is 2.88 bits per heavy atom. The first-order valence-electron chi connectivity index (χ1n) is 5.72. The predicted molar refractivity (Wildman–Crippen MR) is 67.0 cm³/mol. The number of methoxy groups -OCH3 is 1. The molecule has 1 saturated heterocycles. The summed E-state index contributed by atoms with van der Waals surface area (Å²) in [4.78, 5) is 13.7. The molecule has 1 heterocycles. The predicted octanol–water partition coefficient (Wildman–Crippen LogP) is 2.65. The Hall–Kier alpha value is -1.06. The summed E-state index contributed by atoms with van der Waals surface area (Å²) in [5.74, 6) is -0.148. The molecule has 0 saturated carbocycles. The maximum Gasteiger partial charge on any atom is 0.323 e. The summed E-state index contributed by atoms with van der Waals surface area (Å²) in [5, 5.41) is 0.726. The lowest BCUT2D eigenvalue weighted by atomic mass is 9.96. The van der Waals surface area contributed by atoms with Crippen LogP contribution in [0.2, 0.25) is 5.02 Å². The van der Waals surface area contributed by atoms with Crippen molar-refractivity contribution >= 4 is 17.6 Å². The highest BCUT2D eigenvalue weighted by atomic mass is 35.5. The van der Waals surface area contributed by atoms with E-state index in [4.69, 9.17) is 16.3 Å². The molecule has 17 heavy (non-hydrogen) atoms. The second-order valence-electron chi connectivity index (χ2n) is 4.30. The third kappa shape index (κ3) is 2.45. The van der Waals surface area contributed by atoms with Gasteiger partial charge in [-0.05, 0) is 31.0 Å². The summed E-state index contributed by atoms with van der Waals surface area (Å²) in [5.41, 5.74) is 1.13. The highest BCUT2D eigenvalue weighted by molar-refractivity contribution is 6.30. The number of hydrogen-bond donors (Lipinski definition) is 0. The summed E-state index contributed by atoms with van der Waals surface area (Å²) in [7, 11) is 1.43. The standard InChI is InChI=1S/C13H16ClNO2/c1-9(10-4-3-5-11(14)8-10)15-7-6-12(15)13(16)17-2/h3-5,8-9,12H,6-7H2,1-2H3. The average Bonchev–Trinajstić information content (AvgIpc) is 2.27. The summed E-state index contributed by atoms with van der Waals surface area (Å²) in [6, 6.07) is 7.84. The molecule has 2 rings (SSSR count). The summed E-state index contributed by atoms with van der Waals surface area (Å²) in [6.07, 6.45) is 0.873. The van der Waals surface area contributed by atoms with Gasteiger partial charge in [0.25, 0.3) is 0 Å². The van der Waals surface area contributed by atoms with Crippen molar-refractivity contribution in [2.75, 3.05) is 13.7 Å². The lowest BCUT2D eigenvalue weighted by Gasteiger charge is -2.43. The smallest absolute Gasteiger partial charge is 0.323 e. The number of nitrogens with zero attached hydrogens (tertiary/aromatic N) is 1. The van der Waals surface area contributed by atoms with Crippen LogP contribution in [-0.2, 0) is 9.53 Å². The topological polar surface area (TPSA) is 29.5 Å². The van der Waals surface area contributed by atoms with E-state index in [-0.39, 0.29) is 18.1 Å². The van der Waals surface area contributed by atoms with Gasteiger partial charge in [-0.25, -0.2) is 0 Å². The quantitative estimate of drug-likeness (QED) is 0.776. The first-order valence-corrected chi connectivity index (χ1v) is 6.10. The lowest BCUT2D eigenvalue weighted by Crippen LogP contribution is -2.53. The van der Waals surface area contributed by atoms with Crippen molar-refractivity contribution < 1.29 is 9.53 Å². The molecule has 3 nitrogen and oxygen atoms in total. The zero-order valence-electron chi connectivity index (χ0n) is 10.0. The molecule has 1 aromatic rings. The van der Waals surface area contributed by atoms with E-state index in [0.29, 0.717) is 0 Å². The van der Waals surface area contributed by atoms with Crippen LogP contribution >= 0.6 is 11.6 Å². The molecule has 1 aromatic carbocycles. The molecule has 1 aliphatic rings. The number of hydrogen-bond acceptors (Lipinski definition) is 3. The van der Waals surface area contributed by atoms with Gasteiger partial charge in [0.1, 0.15) is 6.04 Å². The van der Waals surface area contributed by atoms with Gasteiger partial charge in [-0.15, -0.1) is 0 Å². The van der Waals surface area contributed by atoms with Crippen LogP contribution in [0.25, 0.3) is 0 Å². The van der Waals surface area contributed by atoms with Gasteiger partial charge in [-0.1, -0.05) is 23.7 Å². The van der Waals surface area contributed by atoms with Gasteiger partial charge in [-0.3, -0.25) is 9.69 Å². The highest BCUT2D eigenvalue weighted by Gasteiger charge is 2.38. The van der Waals surface area contributed by atoms with Crippen LogP contribution in [0.15, 0.2) is 24.3 Å². The van der Waals surface area contributed by atoms with Crippen LogP contribution in [0.1, 0.15) is 24.9 Å². The molecular formula is C13H16ClNO2. The molecular weight excluding hydrogens is 238 g/mol. The zero-order valence-corrected chi connectivity index (χ0v) is 10.8. The van der Waals surface area contributed by atoms with Crippen molar-refractivity contribution in [3.05, 3.63) is 34.9 Å². The molecule has 2 unspecified atom stereocenters. The first-order chi connectivity index (χ1) is 8.13. The minimum Gasteiger partial charge on any atom is -0.468 e. The molecule has 2 atom stereocenters. The van der Waals surface area contributed by atoms with Crippen molar-refractivity contribution in [1.29, 1.82) is 0 Å². The molecule has 92 valence electrons. The van der Waals surface area contributed by atoms with Gasteiger partial charge in [0, 0.05) is 17.6 Å². The first kappa shape index (κ1) is 12.4. The van der Waals surface area contributed by atoms with E-state index >= 15 is 0 Å². The number of ether oxygens (including phenoxy) is 1. The van der Waals surface area contributed by atoms with Gasteiger partial charge in [0.05, 0.1) is 7.11 Å². The highest BCUT2D eigenvalue weighted by Crippen LogP contribution is 2.31. The third-order valence-corrected chi connectivity index (χ3v) is 3.60. The third-order valence-electron chi connectivity index (χ3n) is 3.36. The summed E-state index contributed by atoms with van der Waals surface area (Å²) < 4.78 is 4.79. The van der Waals surface area contributed by atoms with Gasteiger partial charge < -0.3 is 4.74 Å². The van der Waals surface area contributed by atoms with Gasteiger partial charge in [-0.2, -0.15) is 0 Å². The monoisotopic (exact) mass is 253 g/mol. The number of likely N-dealkylation sites (tertiary alicyclic amines) is 1. The molecule has 0 radical (unpaired) electrons. The van der Waals surface area contributed by atoms with Crippen molar-refractivity contribution in [2.45, 2.75) is 25.4 Å². The van der Waals surface area contributed by atoms with Gasteiger partial charge in [0.2, 0.25) is 0 Å². The van der Waals surface area contributed by atoms with Crippen molar-refractivity contribution in [3.63, 3.8) is 0 Å². The van der Waals surface area contributed by atoms with Crippen LogP contribution in [0.5, 0.6) is 0 Å². The number of carbonyl (C=O) groups excluding carboxylic acids is 1. The summed E-state index contributed by atoms with van der Waals surface area (Å²) in [6.45, 7) is 3.01. The Kier molecular flexibility index (Phi) is 3.69. The Labute approximate surface area is 106 Å². The number of benzene rings is 1. The number of halogens is 1. The van der Waals surface area contributed by atoms with Crippen molar-refractivity contribution in [1.82, 2.24) is 4.90 Å². The molecule has 0 bridgehead atoms. The Morgan fingerprint density at radius 2 is 2.35 bits per heavy atom. The maximum absolute atomic E-state index is 11.5. The number of rotatable bonds is 3. The number of carbonyl (C=O) groups is 1. The van der Waals surface area contributed by atoms with E-state index in [1.165, 1.54) is 7.11 Å². The molecule has 0 aromatic heterocycles. The maximum atomic E-state index is 11.5. The Balaban J connectivity index is 2.10. The average molecular weight is 254 g/mol. The SMILES string of the molecule is COC(=O)C1CCN1C(C)c1cccc(Cl)c1. The van der Waals surface area contributed by atoms with E-state index in [2.05, 4.69) is 11.8 Å². The van der Waals surface area contributed by atoms with E-state index in [0.717, 1.165) is 23.6 Å². The molecule has 0 aliphatic carbocycles. The Morgan fingerprint density at radius 1 is 1.59 bits per heavy atom. The normalized spacial score (nSPS) is 21.7. The summed E-state index contributed by atoms with van der Waals surface area (Å²) >= 11 is 5.97. The van der Waals surface area contributed by atoms with E-state index < -0.39 is 0 Å². The van der Waals surface area contributed by atoms with Crippen LogP contribution in [0, 0.1) is 0 Å². The number of esters is 1. The molecule has 0 amide bonds.